The maximum Gasteiger partial charge on any atom is 0.121 e. The lowest BCUT2D eigenvalue weighted by atomic mass is 10.0. The largest absolute Gasteiger partial charge is 0.327 e. The lowest BCUT2D eigenvalue weighted by Crippen LogP contribution is -2.31. The van der Waals surface area contributed by atoms with E-state index < -0.39 is 0 Å². The van der Waals surface area contributed by atoms with Crippen LogP contribution in [0.4, 0.5) is 0 Å². The molecule has 0 spiro atoms. The third kappa shape index (κ3) is 5.69. The summed E-state index contributed by atoms with van der Waals surface area (Å²) in [5.74, 6) is 0. The zero-order valence-corrected chi connectivity index (χ0v) is 6.40. The molecule has 11 heavy (non-hydrogen) atoms. The highest BCUT2D eigenvalue weighted by atomic mass is 16.1. The maximum atomic E-state index is 9.96. The Kier molecular flexibility index (Phi) is 5.60. The van der Waals surface area contributed by atoms with Gasteiger partial charge in [0.05, 0.1) is 0 Å². The molecule has 0 bridgehead atoms. The molecule has 4 N–H and O–H groups in total. The number of carbonyl (C=O) groups excluding carboxylic acids is 2. The number of nitrogens with two attached hydrogens (primary N) is 2. The van der Waals surface area contributed by atoms with Gasteiger partial charge in [-0.15, -0.1) is 0 Å². The van der Waals surface area contributed by atoms with E-state index in [1.165, 1.54) is 0 Å². The van der Waals surface area contributed by atoms with Crippen LogP contribution >= 0.6 is 0 Å². The molecule has 4 heteroatoms. The van der Waals surface area contributed by atoms with Crippen LogP contribution in [0.5, 0.6) is 0 Å². The molecule has 0 aliphatic heterocycles. The summed E-state index contributed by atoms with van der Waals surface area (Å²) in [7, 11) is 0. The van der Waals surface area contributed by atoms with Crippen molar-refractivity contribution in [2.24, 2.45) is 11.5 Å². The van der Waals surface area contributed by atoms with Gasteiger partial charge in [-0.2, -0.15) is 0 Å². The highest BCUT2D eigenvalue weighted by Crippen LogP contribution is 1.98. The SMILES string of the molecule is NC(CC=O)CC(N)CC=O. The Morgan fingerprint density at radius 1 is 1.00 bits per heavy atom. The minimum atomic E-state index is -0.206. The molecule has 0 heterocycles. The minimum absolute atomic E-state index is 0.206. The average molecular weight is 158 g/mol. The van der Waals surface area contributed by atoms with Crippen molar-refractivity contribution >= 4 is 12.6 Å². The summed E-state index contributed by atoms with van der Waals surface area (Å²) in [6.45, 7) is 0. The third-order valence-electron chi connectivity index (χ3n) is 1.40. The van der Waals surface area contributed by atoms with E-state index >= 15 is 0 Å². The predicted octanol–water partition coefficient (Wildman–Crippen LogP) is -0.791. The van der Waals surface area contributed by atoms with Gasteiger partial charge in [-0.25, -0.2) is 0 Å². The Bertz CT molecular complexity index is 114. The van der Waals surface area contributed by atoms with Crippen LogP contribution in [0.1, 0.15) is 19.3 Å². The fourth-order valence-electron chi connectivity index (χ4n) is 0.829. The van der Waals surface area contributed by atoms with Gasteiger partial charge in [-0.3, -0.25) is 0 Å². The van der Waals surface area contributed by atoms with Crippen molar-refractivity contribution in [2.75, 3.05) is 0 Å². The van der Waals surface area contributed by atoms with E-state index in [2.05, 4.69) is 0 Å². The molecule has 0 aromatic rings. The molecular weight excluding hydrogens is 144 g/mol. The molecule has 0 aliphatic rings. The second kappa shape index (κ2) is 6.00. The summed E-state index contributed by atoms with van der Waals surface area (Å²) in [5.41, 5.74) is 11.0. The summed E-state index contributed by atoms with van der Waals surface area (Å²) >= 11 is 0. The first-order valence-corrected chi connectivity index (χ1v) is 3.59. The van der Waals surface area contributed by atoms with Crippen molar-refractivity contribution in [1.29, 1.82) is 0 Å². The van der Waals surface area contributed by atoms with E-state index in [0.29, 0.717) is 19.3 Å². The standard InChI is InChI=1S/C7H14N2O2/c8-6(1-3-10)5-7(9)2-4-11/h3-4,6-7H,1-2,5,8-9H2. The van der Waals surface area contributed by atoms with Gasteiger partial charge in [0.15, 0.2) is 0 Å². The molecule has 2 atom stereocenters. The van der Waals surface area contributed by atoms with Gasteiger partial charge < -0.3 is 21.1 Å². The van der Waals surface area contributed by atoms with Crippen molar-refractivity contribution in [3.05, 3.63) is 0 Å². The molecule has 0 rings (SSSR count). The lowest BCUT2D eigenvalue weighted by molar-refractivity contribution is -0.108. The number of aldehydes is 2. The molecule has 0 fully saturated rings. The quantitative estimate of drug-likeness (QED) is 0.496. The zero-order chi connectivity index (χ0) is 8.69. The van der Waals surface area contributed by atoms with Crippen molar-refractivity contribution in [3.63, 3.8) is 0 Å². The molecule has 0 radical (unpaired) electrons. The molecule has 0 aromatic carbocycles. The van der Waals surface area contributed by atoms with Gasteiger partial charge in [0.1, 0.15) is 12.6 Å². The Morgan fingerprint density at radius 3 is 1.64 bits per heavy atom. The first-order chi connectivity index (χ1) is 5.20. The van der Waals surface area contributed by atoms with Crippen molar-refractivity contribution in [2.45, 2.75) is 31.3 Å². The van der Waals surface area contributed by atoms with E-state index in [-0.39, 0.29) is 12.1 Å². The van der Waals surface area contributed by atoms with Crippen LogP contribution < -0.4 is 11.5 Å². The second-order valence-corrected chi connectivity index (χ2v) is 2.56. The van der Waals surface area contributed by atoms with Crippen LogP contribution in [0, 0.1) is 0 Å². The topological polar surface area (TPSA) is 86.2 Å². The van der Waals surface area contributed by atoms with Crippen molar-refractivity contribution in [1.82, 2.24) is 0 Å². The highest BCUT2D eigenvalue weighted by molar-refractivity contribution is 5.51. The van der Waals surface area contributed by atoms with Gasteiger partial charge in [-0.1, -0.05) is 0 Å². The maximum absolute atomic E-state index is 9.96. The van der Waals surface area contributed by atoms with E-state index in [1.807, 2.05) is 0 Å². The highest BCUT2D eigenvalue weighted by Gasteiger charge is 2.07. The summed E-state index contributed by atoms with van der Waals surface area (Å²) in [6.07, 6.45) is 2.67. The second-order valence-electron chi connectivity index (χ2n) is 2.56. The minimum Gasteiger partial charge on any atom is -0.327 e. The molecule has 0 aliphatic carbocycles. The summed E-state index contributed by atoms with van der Waals surface area (Å²) in [4.78, 5) is 19.9. The molecule has 64 valence electrons. The smallest absolute Gasteiger partial charge is 0.121 e. The molecule has 0 saturated carbocycles. The third-order valence-corrected chi connectivity index (χ3v) is 1.40. The first kappa shape index (κ1) is 10.3. The van der Waals surface area contributed by atoms with Gasteiger partial charge in [0.2, 0.25) is 0 Å². The Labute approximate surface area is 65.9 Å². The van der Waals surface area contributed by atoms with Crippen LogP contribution in [0.15, 0.2) is 0 Å². The van der Waals surface area contributed by atoms with Crippen LogP contribution in [-0.4, -0.2) is 24.7 Å². The number of carbonyl (C=O) groups is 2. The summed E-state index contributed by atoms with van der Waals surface area (Å²) in [5, 5.41) is 0. The monoisotopic (exact) mass is 158 g/mol. The number of hydrogen-bond donors (Lipinski definition) is 2. The van der Waals surface area contributed by atoms with E-state index in [0.717, 1.165) is 12.6 Å². The number of hydrogen-bond acceptors (Lipinski definition) is 4. The molecular formula is C7H14N2O2. The first-order valence-electron chi connectivity index (χ1n) is 3.59. The van der Waals surface area contributed by atoms with E-state index in [1.54, 1.807) is 0 Å². The fourth-order valence-corrected chi connectivity index (χ4v) is 0.829. The molecule has 0 saturated heterocycles. The average Bonchev–Trinajstić information content (AvgIpc) is 1.87. The fraction of sp³-hybridized carbons (Fsp3) is 0.714. The summed E-state index contributed by atoms with van der Waals surface area (Å²) < 4.78 is 0. The molecule has 2 unspecified atom stereocenters. The van der Waals surface area contributed by atoms with E-state index in [9.17, 15) is 9.59 Å². The van der Waals surface area contributed by atoms with Gasteiger partial charge in [-0.05, 0) is 6.42 Å². The zero-order valence-electron chi connectivity index (χ0n) is 6.40. The van der Waals surface area contributed by atoms with Gasteiger partial charge in [0.25, 0.3) is 0 Å². The van der Waals surface area contributed by atoms with Gasteiger partial charge in [0, 0.05) is 24.9 Å². The Morgan fingerprint density at radius 2 is 1.36 bits per heavy atom. The van der Waals surface area contributed by atoms with Crippen LogP contribution in [0.3, 0.4) is 0 Å². The molecule has 0 amide bonds. The normalized spacial score (nSPS) is 15.5. The predicted molar refractivity (Wildman–Crippen MR) is 41.9 cm³/mol. The molecule has 4 nitrogen and oxygen atoms in total. The van der Waals surface area contributed by atoms with Crippen LogP contribution in [0.2, 0.25) is 0 Å². The Balaban J connectivity index is 3.46. The lowest BCUT2D eigenvalue weighted by Gasteiger charge is -2.12. The van der Waals surface area contributed by atoms with E-state index in [4.69, 9.17) is 11.5 Å². The molecule has 0 aromatic heterocycles. The van der Waals surface area contributed by atoms with Crippen LogP contribution in [0.25, 0.3) is 0 Å². The Hall–Kier alpha value is -0.740. The van der Waals surface area contributed by atoms with Crippen molar-refractivity contribution in [3.8, 4) is 0 Å². The number of rotatable bonds is 6. The van der Waals surface area contributed by atoms with Crippen LogP contribution in [-0.2, 0) is 9.59 Å². The summed E-state index contributed by atoms with van der Waals surface area (Å²) in [6, 6.07) is -0.412. The van der Waals surface area contributed by atoms with Crippen molar-refractivity contribution < 1.29 is 9.59 Å². The van der Waals surface area contributed by atoms with Gasteiger partial charge >= 0.3 is 0 Å².